The van der Waals surface area contributed by atoms with E-state index in [9.17, 15) is 4.79 Å². The molecule has 0 radical (unpaired) electrons. The molecule has 0 aliphatic carbocycles. The van der Waals surface area contributed by atoms with Crippen LogP contribution < -0.4 is 0 Å². The summed E-state index contributed by atoms with van der Waals surface area (Å²) in [6.45, 7) is 9.22. The summed E-state index contributed by atoms with van der Waals surface area (Å²) < 4.78 is 9.87. The Morgan fingerprint density at radius 1 is 1.33 bits per heavy atom. The van der Waals surface area contributed by atoms with Gasteiger partial charge in [-0.05, 0) is 46.6 Å². The topological polar surface area (TPSA) is 35.5 Å². The van der Waals surface area contributed by atoms with Gasteiger partial charge in [0.05, 0.1) is 6.10 Å². The molecule has 0 saturated carbocycles. The van der Waals surface area contributed by atoms with E-state index in [-0.39, 0.29) is 6.10 Å². The van der Waals surface area contributed by atoms with E-state index in [0.29, 0.717) is 5.76 Å². The van der Waals surface area contributed by atoms with Crippen molar-refractivity contribution in [1.82, 2.24) is 0 Å². The molecule has 86 valence electrons. The zero-order chi connectivity index (χ0) is 11.8. The highest BCUT2D eigenvalue weighted by Crippen LogP contribution is 2.11. The minimum Gasteiger partial charge on any atom is -0.431 e. The van der Waals surface area contributed by atoms with Crippen LogP contribution in [0.25, 0.3) is 0 Å². The fraction of sp³-hybridized carbons (Fsp3) is 0.583. The number of hydrogen-bond donors (Lipinski definition) is 0. The zero-order valence-electron chi connectivity index (χ0n) is 10.2. The van der Waals surface area contributed by atoms with Crippen LogP contribution in [-0.2, 0) is 9.47 Å². The summed E-state index contributed by atoms with van der Waals surface area (Å²) in [5.41, 5.74) is 1.02. The maximum atomic E-state index is 11.1. The van der Waals surface area contributed by atoms with Crippen LogP contribution in [0.2, 0.25) is 0 Å². The first-order valence-electron chi connectivity index (χ1n) is 5.13. The average molecular weight is 212 g/mol. The Morgan fingerprint density at radius 2 is 1.93 bits per heavy atom. The summed E-state index contributed by atoms with van der Waals surface area (Å²) in [5.74, 6) is 0.610. The summed E-state index contributed by atoms with van der Waals surface area (Å²) in [5, 5.41) is 0. The van der Waals surface area contributed by atoms with Crippen molar-refractivity contribution in [2.75, 3.05) is 0 Å². The number of allylic oxidation sites excluding steroid dienone is 4. The maximum absolute atomic E-state index is 11.1. The van der Waals surface area contributed by atoms with Crippen molar-refractivity contribution < 1.29 is 14.3 Å². The van der Waals surface area contributed by atoms with E-state index in [4.69, 9.17) is 9.47 Å². The lowest BCUT2D eigenvalue weighted by atomic mass is 10.2. The van der Waals surface area contributed by atoms with Gasteiger partial charge in [0.2, 0.25) is 0 Å². The summed E-state index contributed by atoms with van der Waals surface area (Å²) in [4.78, 5) is 11.1. The van der Waals surface area contributed by atoms with Crippen LogP contribution in [0.5, 0.6) is 0 Å². The number of hydrogen-bond acceptors (Lipinski definition) is 3. The highest BCUT2D eigenvalue weighted by molar-refractivity contribution is 5.61. The number of carbonyl (C=O) groups is 1. The summed E-state index contributed by atoms with van der Waals surface area (Å²) >= 11 is 0. The van der Waals surface area contributed by atoms with Gasteiger partial charge >= 0.3 is 6.16 Å². The van der Waals surface area contributed by atoms with Crippen molar-refractivity contribution >= 4 is 6.16 Å². The van der Waals surface area contributed by atoms with Crippen LogP contribution in [-0.4, -0.2) is 12.3 Å². The van der Waals surface area contributed by atoms with Crippen molar-refractivity contribution in [2.24, 2.45) is 0 Å². The fourth-order valence-electron chi connectivity index (χ4n) is 0.867. The molecule has 0 aromatic rings. The molecule has 0 saturated heterocycles. The highest BCUT2D eigenvalue weighted by atomic mass is 16.7. The minimum absolute atomic E-state index is 0.152. The van der Waals surface area contributed by atoms with Crippen LogP contribution in [0.15, 0.2) is 23.5 Å². The molecule has 0 aromatic heterocycles. The van der Waals surface area contributed by atoms with E-state index in [0.717, 1.165) is 12.0 Å². The first kappa shape index (κ1) is 13.8. The van der Waals surface area contributed by atoms with Crippen molar-refractivity contribution in [3.8, 4) is 0 Å². The summed E-state index contributed by atoms with van der Waals surface area (Å²) in [6.07, 6.45) is 3.97. The first-order valence-corrected chi connectivity index (χ1v) is 5.13. The summed E-state index contributed by atoms with van der Waals surface area (Å²) in [7, 11) is 0. The molecule has 0 spiro atoms. The molecule has 0 aromatic carbocycles. The van der Waals surface area contributed by atoms with Gasteiger partial charge in [0.15, 0.2) is 0 Å². The van der Waals surface area contributed by atoms with Crippen LogP contribution >= 0.6 is 0 Å². The predicted octanol–water partition coefficient (Wildman–Crippen LogP) is 3.81. The number of ether oxygens (including phenoxy) is 2. The number of carbonyl (C=O) groups excluding carboxylic acids is 1. The Bertz CT molecular complexity index is 262. The Labute approximate surface area is 91.8 Å². The van der Waals surface area contributed by atoms with Gasteiger partial charge < -0.3 is 9.47 Å². The van der Waals surface area contributed by atoms with Gasteiger partial charge in [-0.15, -0.1) is 0 Å². The Morgan fingerprint density at radius 3 is 2.40 bits per heavy atom. The zero-order valence-corrected chi connectivity index (χ0v) is 10.2. The molecule has 0 unspecified atom stereocenters. The molecule has 15 heavy (non-hydrogen) atoms. The van der Waals surface area contributed by atoms with E-state index < -0.39 is 6.16 Å². The first-order chi connectivity index (χ1) is 6.97. The largest absolute Gasteiger partial charge is 0.513 e. The second kappa shape index (κ2) is 7.10. The average Bonchev–Trinajstić information content (AvgIpc) is 2.12. The van der Waals surface area contributed by atoms with Crippen LogP contribution in [0.4, 0.5) is 4.79 Å². The smallest absolute Gasteiger partial charge is 0.431 e. The van der Waals surface area contributed by atoms with Gasteiger partial charge in [0.1, 0.15) is 5.76 Å². The molecule has 0 bridgehead atoms. The van der Waals surface area contributed by atoms with Crippen LogP contribution in [0, 0.1) is 0 Å². The van der Waals surface area contributed by atoms with Crippen molar-refractivity contribution in [3.63, 3.8) is 0 Å². The molecule has 0 fully saturated rings. The molecule has 0 atom stereocenters. The third-order valence-corrected chi connectivity index (χ3v) is 1.83. The number of rotatable bonds is 4. The molecule has 0 aliphatic heterocycles. The molecular weight excluding hydrogens is 192 g/mol. The highest BCUT2D eigenvalue weighted by Gasteiger charge is 2.08. The van der Waals surface area contributed by atoms with Gasteiger partial charge in [-0.3, -0.25) is 0 Å². The lowest BCUT2D eigenvalue weighted by Gasteiger charge is -2.10. The van der Waals surface area contributed by atoms with E-state index >= 15 is 0 Å². The third kappa shape index (κ3) is 6.77. The maximum Gasteiger partial charge on any atom is 0.513 e. The van der Waals surface area contributed by atoms with Gasteiger partial charge in [-0.25, -0.2) is 4.79 Å². The molecule has 3 heteroatoms. The SMILES string of the molecule is C/C=C\C/C(C)=C(\C)OC(=O)OC(C)C. The van der Waals surface area contributed by atoms with Gasteiger partial charge in [-0.1, -0.05) is 12.2 Å². The molecular formula is C12H20O3. The van der Waals surface area contributed by atoms with Crippen molar-refractivity contribution in [1.29, 1.82) is 0 Å². The second-order valence-corrected chi connectivity index (χ2v) is 3.63. The van der Waals surface area contributed by atoms with Crippen molar-refractivity contribution in [2.45, 2.75) is 47.1 Å². The standard InChI is InChI=1S/C12H20O3/c1-6-7-8-10(4)11(5)15-12(13)14-9(2)3/h6-7,9H,8H2,1-5H3/b7-6-,11-10+. The van der Waals surface area contributed by atoms with E-state index in [1.54, 1.807) is 20.8 Å². The minimum atomic E-state index is -0.637. The second-order valence-electron chi connectivity index (χ2n) is 3.63. The Hall–Kier alpha value is -1.25. The quantitative estimate of drug-likeness (QED) is 0.404. The fourth-order valence-corrected chi connectivity index (χ4v) is 0.867. The lowest BCUT2D eigenvalue weighted by molar-refractivity contribution is 0.0531. The monoisotopic (exact) mass is 212 g/mol. The Kier molecular flexibility index (Phi) is 6.50. The van der Waals surface area contributed by atoms with Gasteiger partial charge in [-0.2, -0.15) is 0 Å². The van der Waals surface area contributed by atoms with E-state index in [1.807, 2.05) is 26.0 Å². The lowest BCUT2D eigenvalue weighted by Crippen LogP contribution is -2.12. The van der Waals surface area contributed by atoms with Gasteiger partial charge in [0, 0.05) is 0 Å². The normalized spacial score (nSPS) is 12.9. The molecule has 0 rings (SSSR count). The van der Waals surface area contributed by atoms with Crippen molar-refractivity contribution in [3.05, 3.63) is 23.5 Å². The predicted molar refractivity (Wildman–Crippen MR) is 60.5 cm³/mol. The van der Waals surface area contributed by atoms with Crippen LogP contribution in [0.1, 0.15) is 41.0 Å². The molecule has 3 nitrogen and oxygen atoms in total. The third-order valence-electron chi connectivity index (χ3n) is 1.83. The van der Waals surface area contributed by atoms with Crippen LogP contribution in [0.3, 0.4) is 0 Å². The van der Waals surface area contributed by atoms with E-state index in [1.165, 1.54) is 0 Å². The summed E-state index contributed by atoms with van der Waals surface area (Å²) in [6, 6.07) is 0. The molecule has 0 N–H and O–H groups in total. The van der Waals surface area contributed by atoms with E-state index in [2.05, 4.69) is 0 Å². The molecule has 0 amide bonds. The molecule has 0 aliphatic rings. The van der Waals surface area contributed by atoms with Gasteiger partial charge in [0.25, 0.3) is 0 Å². The molecule has 0 heterocycles. The Balaban J connectivity index is 4.20.